The Morgan fingerprint density at radius 2 is 1.86 bits per heavy atom. The van der Waals surface area contributed by atoms with Crippen molar-refractivity contribution in [2.24, 2.45) is 11.0 Å². The van der Waals surface area contributed by atoms with E-state index >= 15 is 0 Å². The fourth-order valence-corrected chi connectivity index (χ4v) is 4.67. The van der Waals surface area contributed by atoms with Gasteiger partial charge in [-0.15, -0.1) is 0 Å². The monoisotopic (exact) mass is 509 g/mol. The molecule has 2 aromatic rings. The number of nitrogens with zero attached hydrogens (tertiary/aromatic N) is 3. The van der Waals surface area contributed by atoms with E-state index in [0.29, 0.717) is 36.0 Å². The van der Waals surface area contributed by atoms with Crippen molar-refractivity contribution in [1.82, 2.24) is 0 Å². The summed E-state index contributed by atoms with van der Waals surface area (Å²) in [7, 11) is 1.52. The molecule has 2 aliphatic rings. The van der Waals surface area contributed by atoms with Crippen molar-refractivity contribution in [3.05, 3.63) is 48.3 Å². The normalized spacial score (nSPS) is 22.4. The SMILES string of the molecule is COc1ccc(F)c(N2CCCC(Oc3ccc(N4N=C(C(F)(F)F)[C@@H](C)[C@@H]4CC(=O)O)cc3)C2)c1. The van der Waals surface area contributed by atoms with Crippen molar-refractivity contribution < 1.29 is 36.9 Å². The zero-order valence-electron chi connectivity index (χ0n) is 19.8. The molecule has 0 saturated carbocycles. The predicted molar refractivity (Wildman–Crippen MR) is 126 cm³/mol. The Bertz CT molecular complexity index is 1120. The molecule has 2 aliphatic heterocycles. The van der Waals surface area contributed by atoms with E-state index in [1.54, 1.807) is 36.4 Å². The summed E-state index contributed by atoms with van der Waals surface area (Å²) in [4.78, 5) is 13.2. The van der Waals surface area contributed by atoms with Crippen LogP contribution in [-0.4, -0.2) is 55.3 Å². The van der Waals surface area contributed by atoms with Gasteiger partial charge >= 0.3 is 12.1 Å². The average molecular weight is 510 g/mol. The number of carboxylic acids is 1. The molecule has 0 aromatic heterocycles. The minimum atomic E-state index is -4.65. The molecular formula is C25H27F4N3O4. The van der Waals surface area contributed by atoms with Crippen molar-refractivity contribution >= 4 is 23.1 Å². The number of ether oxygens (including phenoxy) is 2. The van der Waals surface area contributed by atoms with E-state index in [9.17, 15) is 27.5 Å². The molecule has 0 amide bonds. The standard InChI is InChI=1S/C25H27F4N3O4/c1-15-21(13-23(33)34)32(30-24(15)25(27,28)29)16-5-7-17(8-6-16)36-19-4-3-11-31(14-19)22-12-18(35-2)9-10-20(22)26/h5-10,12,15,19,21H,3-4,11,13-14H2,1-2H3,(H,33,34)/t15-,19?,21-/m0/s1. The first-order valence-corrected chi connectivity index (χ1v) is 11.6. The third-order valence-corrected chi connectivity index (χ3v) is 6.49. The number of hydrogen-bond acceptors (Lipinski definition) is 6. The summed E-state index contributed by atoms with van der Waals surface area (Å²) in [5, 5.41) is 14.1. The first kappa shape index (κ1) is 25.6. The summed E-state index contributed by atoms with van der Waals surface area (Å²) < 4.78 is 65.9. The van der Waals surface area contributed by atoms with E-state index in [1.165, 1.54) is 20.1 Å². The van der Waals surface area contributed by atoms with Gasteiger partial charge in [0.2, 0.25) is 0 Å². The molecule has 2 heterocycles. The molecule has 194 valence electrons. The molecule has 1 fully saturated rings. The van der Waals surface area contributed by atoms with Crippen molar-refractivity contribution in [1.29, 1.82) is 0 Å². The van der Waals surface area contributed by atoms with Crippen LogP contribution in [0.3, 0.4) is 0 Å². The van der Waals surface area contributed by atoms with Gasteiger partial charge in [-0.2, -0.15) is 18.3 Å². The molecule has 3 atom stereocenters. The number of carboxylic acid groups (broad SMARTS) is 1. The van der Waals surface area contributed by atoms with E-state index in [0.717, 1.165) is 17.9 Å². The highest BCUT2D eigenvalue weighted by molar-refractivity contribution is 5.95. The average Bonchev–Trinajstić information content (AvgIpc) is 3.16. The second-order valence-corrected chi connectivity index (χ2v) is 8.92. The molecule has 0 radical (unpaired) electrons. The van der Waals surface area contributed by atoms with Gasteiger partial charge in [0.25, 0.3) is 0 Å². The fourth-order valence-electron chi connectivity index (χ4n) is 4.67. The Morgan fingerprint density at radius 1 is 1.17 bits per heavy atom. The van der Waals surface area contributed by atoms with Crippen LogP contribution in [0.2, 0.25) is 0 Å². The summed E-state index contributed by atoms with van der Waals surface area (Å²) in [6.45, 7) is 2.45. The lowest BCUT2D eigenvalue weighted by atomic mass is 9.94. The van der Waals surface area contributed by atoms with Crippen LogP contribution in [-0.2, 0) is 4.79 Å². The molecule has 0 bridgehead atoms. The van der Waals surface area contributed by atoms with Gasteiger partial charge in [0.15, 0.2) is 0 Å². The van der Waals surface area contributed by atoms with Crippen LogP contribution in [0, 0.1) is 11.7 Å². The van der Waals surface area contributed by atoms with E-state index in [4.69, 9.17) is 9.47 Å². The summed E-state index contributed by atoms with van der Waals surface area (Å²) in [6, 6.07) is 9.95. The molecule has 11 heteroatoms. The number of halogens is 4. The van der Waals surface area contributed by atoms with E-state index in [2.05, 4.69) is 5.10 Å². The number of carbonyl (C=O) groups is 1. The first-order chi connectivity index (χ1) is 17.1. The van der Waals surface area contributed by atoms with Crippen molar-refractivity contribution in [2.45, 2.75) is 44.5 Å². The lowest BCUT2D eigenvalue weighted by Crippen LogP contribution is -2.41. The van der Waals surface area contributed by atoms with E-state index in [-0.39, 0.29) is 11.9 Å². The number of aliphatic carboxylic acids is 1. The van der Waals surface area contributed by atoms with Crippen LogP contribution in [0.1, 0.15) is 26.2 Å². The van der Waals surface area contributed by atoms with Crippen LogP contribution >= 0.6 is 0 Å². The van der Waals surface area contributed by atoms with Gasteiger partial charge < -0.3 is 19.5 Å². The Labute approximate surface area is 205 Å². The Kier molecular flexibility index (Phi) is 7.28. The summed E-state index contributed by atoms with van der Waals surface area (Å²) >= 11 is 0. The molecule has 1 N–H and O–H groups in total. The zero-order chi connectivity index (χ0) is 26.0. The van der Waals surface area contributed by atoms with Crippen LogP contribution < -0.4 is 19.4 Å². The zero-order valence-corrected chi connectivity index (χ0v) is 19.8. The van der Waals surface area contributed by atoms with E-state index in [1.807, 2.05) is 4.90 Å². The lowest BCUT2D eigenvalue weighted by Gasteiger charge is -2.34. The number of piperidine rings is 1. The number of hydrogen-bond donors (Lipinski definition) is 1. The smallest absolute Gasteiger partial charge is 0.431 e. The Hall–Kier alpha value is -3.50. The topological polar surface area (TPSA) is 74.6 Å². The third-order valence-electron chi connectivity index (χ3n) is 6.49. The number of anilines is 2. The quantitative estimate of drug-likeness (QED) is 0.524. The maximum absolute atomic E-state index is 14.4. The highest BCUT2D eigenvalue weighted by Gasteiger charge is 2.48. The van der Waals surface area contributed by atoms with Crippen molar-refractivity contribution in [3.63, 3.8) is 0 Å². The molecule has 2 aromatic carbocycles. The third kappa shape index (κ3) is 5.50. The number of rotatable bonds is 7. The van der Waals surface area contributed by atoms with Crippen LogP contribution in [0.15, 0.2) is 47.6 Å². The number of alkyl halides is 3. The van der Waals surface area contributed by atoms with Gasteiger partial charge in [-0.25, -0.2) is 4.39 Å². The Morgan fingerprint density at radius 3 is 2.50 bits per heavy atom. The lowest BCUT2D eigenvalue weighted by molar-refractivity contribution is -0.137. The van der Waals surface area contributed by atoms with Crippen molar-refractivity contribution in [2.75, 3.05) is 30.1 Å². The molecule has 7 nitrogen and oxygen atoms in total. The summed E-state index contributed by atoms with van der Waals surface area (Å²) in [6.07, 6.45) is -3.81. The fraction of sp³-hybridized carbons (Fsp3) is 0.440. The molecule has 0 spiro atoms. The molecule has 36 heavy (non-hydrogen) atoms. The van der Waals surface area contributed by atoms with Crippen LogP contribution in [0.5, 0.6) is 11.5 Å². The van der Waals surface area contributed by atoms with Gasteiger partial charge in [-0.1, -0.05) is 6.92 Å². The molecule has 1 saturated heterocycles. The minimum Gasteiger partial charge on any atom is -0.497 e. The van der Waals surface area contributed by atoms with Gasteiger partial charge in [0, 0.05) is 18.5 Å². The minimum absolute atomic E-state index is 0.225. The maximum atomic E-state index is 14.4. The van der Waals surface area contributed by atoms with Gasteiger partial charge in [-0.05, 0) is 49.2 Å². The molecule has 1 unspecified atom stereocenters. The molecule has 4 rings (SSSR count). The van der Waals surface area contributed by atoms with E-state index < -0.39 is 36.2 Å². The maximum Gasteiger partial charge on any atom is 0.431 e. The molecular weight excluding hydrogens is 482 g/mol. The van der Waals surface area contributed by atoms with Gasteiger partial charge in [0.05, 0.1) is 37.5 Å². The first-order valence-electron chi connectivity index (χ1n) is 11.6. The van der Waals surface area contributed by atoms with Gasteiger partial charge in [0.1, 0.15) is 29.1 Å². The highest BCUT2D eigenvalue weighted by Crippen LogP contribution is 2.37. The number of methoxy groups -OCH3 is 1. The second-order valence-electron chi connectivity index (χ2n) is 8.92. The van der Waals surface area contributed by atoms with Crippen LogP contribution in [0.25, 0.3) is 0 Å². The van der Waals surface area contributed by atoms with Crippen molar-refractivity contribution in [3.8, 4) is 11.5 Å². The number of benzene rings is 2. The summed E-state index contributed by atoms with van der Waals surface area (Å²) in [5.74, 6) is -1.60. The predicted octanol–water partition coefficient (Wildman–Crippen LogP) is 5.10. The highest BCUT2D eigenvalue weighted by atomic mass is 19.4. The van der Waals surface area contributed by atoms with Crippen LogP contribution in [0.4, 0.5) is 28.9 Å². The Balaban J connectivity index is 1.47. The number of hydrazone groups is 1. The van der Waals surface area contributed by atoms with Gasteiger partial charge in [-0.3, -0.25) is 9.80 Å². The second kappa shape index (κ2) is 10.2. The largest absolute Gasteiger partial charge is 0.497 e. The molecule has 0 aliphatic carbocycles. The summed E-state index contributed by atoms with van der Waals surface area (Å²) in [5.41, 5.74) is -0.228.